The van der Waals surface area contributed by atoms with Crippen LogP contribution in [0.3, 0.4) is 0 Å². The molecule has 1 rings (SSSR count). The van der Waals surface area contributed by atoms with Gasteiger partial charge in [0.2, 0.25) is 0 Å². The predicted octanol–water partition coefficient (Wildman–Crippen LogP) is 1.36. The number of urea groups is 1. The zero-order chi connectivity index (χ0) is 14.1. The van der Waals surface area contributed by atoms with Crippen molar-refractivity contribution in [3.05, 3.63) is 29.8 Å². The van der Waals surface area contributed by atoms with E-state index in [9.17, 15) is 9.59 Å². The lowest BCUT2D eigenvalue weighted by Crippen LogP contribution is -2.36. The minimum atomic E-state index is -0.943. The Kier molecular flexibility index (Phi) is 6.21. The molecule has 0 unspecified atom stereocenters. The minimum absolute atomic E-state index is 0.0943. The first-order chi connectivity index (χ1) is 9.13. The van der Waals surface area contributed by atoms with E-state index in [1.807, 2.05) is 31.2 Å². The van der Waals surface area contributed by atoms with E-state index in [2.05, 4.69) is 10.6 Å². The van der Waals surface area contributed by atoms with Crippen LogP contribution < -0.4 is 15.4 Å². The highest BCUT2D eigenvalue weighted by atomic mass is 16.5. The summed E-state index contributed by atoms with van der Waals surface area (Å²) < 4.78 is 5.43. The van der Waals surface area contributed by atoms with Crippen molar-refractivity contribution in [1.82, 2.24) is 10.6 Å². The number of para-hydroxylation sites is 1. The van der Waals surface area contributed by atoms with Crippen molar-refractivity contribution in [3.8, 4) is 5.75 Å². The van der Waals surface area contributed by atoms with Crippen molar-refractivity contribution in [2.75, 3.05) is 13.2 Å². The maximum atomic E-state index is 11.4. The average Bonchev–Trinajstić information content (AvgIpc) is 2.37. The Labute approximate surface area is 111 Å². The van der Waals surface area contributed by atoms with Crippen LogP contribution in [0.25, 0.3) is 0 Å². The molecule has 0 spiro atoms. The van der Waals surface area contributed by atoms with Gasteiger partial charge in [-0.3, -0.25) is 4.79 Å². The van der Waals surface area contributed by atoms with Gasteiger partial charge in [-0.25, -0.2) is 4.79 Å². The lowest BCUT2D eigenvalue weighted by molar-refractivity contribution is -0.136. The fraction of sp³-hybridized carbons (Fsp3) is 0.385. The third kappa shape index (κ3) is 5.76. The van der Waals surface area contributed by atoms with Gasteiger partial charge in [0.05, 0.1) is 13.0 Å². The highest BCUT2D eigenvalue weighted by Gasteiger charge is 2.05. The molecule has 0 aliphatic carbocycles. The molecule has 6 nitrogen and oxygen atoms in total. The Morgan fingerprint density at radius 2 is 2.00 bits per heavy atom. The van der Waals surface area contributed by atoms with E-state index in [1.165, 1.54) is 0 Å². The fourth-order valence-corrected chi connectivity index (χ4v) is 1.47. The Hall–Kier alpha value is -2.24. The number of carbonyl (C=O) groups is 2. The molecule has 0 radical (unpaired) electrons. The SMILES string of the molecule is CCOc1ccccc1CNC(=O)NCCC(=O)O. The van der Waals surface area contributed by atoms with Crippen molar-refractivity contribution in [3.63, 3.8) is 0 Å². The Balaban J connectivity index is 2.39. The van der Waals surface area contributed by atoms with Crippen LogP contribution in [0.1, 0.15) is 18.9 Å². The van der Waals surface area contributed by atoms with Crippen LogP contribution in [0, 0.1) is 0 Å². The number of aliphatic carboxylic acids is 1. The largest absolute Gasteiger partial charge is 0.494 e. The van der Waals surface area contributed by atoms with Gasteiger partial charge in [-0.15, -0.1) is 0 Å². The first-order valence-electron chi connectivity index (χ1n) is 6.07. The molecule has 0 fully saturated rings. The van der Waals surface area contributed by atoms with Crippen LogP contribution in [-0.4, -0.2) is 30.3 Å². The van der Waals surface area contributed by atoms with Crippen LogP contribution in [0.4, 0.5) is 4.79 Å². The predicted molar refractivity (Wildman–Crippen MR) is 70.1 cm³/mol. The number of carboxylic acid groups (broad SMARTS) is 1. The Morgan fingerprint density at radius 1 is 1.26 bits per heavy atom. The molecular formula is C13H18N2O4. The summed E-state index contributed by atoms with van der Waals surface area (Å²) in [4.78, 5) is 21.7. The summed E-state index contributed by atoms with van der Waals surface area (Å²) in [6.07, 6.45) is -0.0943. The molecular weight excluding hydrogens is 248 g/mol. The second-order valence-corrected chi connectivity index (χ2v) is 3.79. The Morgan fingerprint density at radius 3 is 2.68 bits per heavy atom. The summed E-state index contributed by atoms with van der Waals surface area (Å²) in [6, 6.07) is 7.03. The number of hydrogen-bond acceptors (Lipinski definition) is 3. The van der Waals surface area contributed by atoms with E-state index in [0.717, 1.165) is 11.3 Å². The van der Waals surface area contributed by atoms with E-state index in [4.69, 9.17) is 9.84 Å². The highest BCUT2D eigenvalue weighted by Crippen LogP contribution is 2.17. The van der Waals surface area contributed by atoms with Crippen molar-refractivity contribution in [2.45, 2.75) is 19.9 Å². The molecule has 19 heavy (non-hydrogen) atoms. The summed E-state index contributed by atoms with van der Waals surface area (Å²) >= 11 is 0. The van der Waals surface area contributed by atoms with Gasteiger partial charge in [0.15, 0.2) is 0 Å². The van der Waals surface area contributed by atoms with Gasteiger partial charge in [-0.2, -0.15) is 0 Å². The van der Waals surface area contributed by atoms with Gasteiger partial charge >= 0.3 is 12.0 Å². The number of benzene rings is 1. The zero-order valence-electron chi connectivity index (χ0n) is 10.8. The molecule has 104 valence electrons. The molecule has 0 saturated heterocycles. The maximum absolute atomic E-state index is 11.4. The number of nitrogens with one attached hydrogen (secondary N) is 2. The van der Waals surface area contributed by atoms with E-state index < -0.39 is 12.0 Å². The molecule has 0 aliphatic heterocycles. The van der Waals surface area contributed by atoms with Crippen LogP contribution in [0.15, 0.2) is 24.3 Å². The first kappa shape index (κ1) is 14.8. The number of hydrogen-bond donors (Lipinski definition) is 3. The van der Waals surface area contributed by atoms with E-state index in [0.29, 0.717) is 13.2 Å². The van der Waals surface area contributed by atoms with Crippen LogP contribution >= 0.6 is 0 Å². The molecule has 6 heteroatoms. The van der Waals surface area contributed by atoms with Crippen LogP contribution in [0.5, 0.6) is 5.75 Å². The van der Waals surface area contributed by atoms with Crippen molar-refractivity contribution < 1.29 is 19.4 Å². The normalized spacial score (nSPS) is 9.74. The lowest BCUT2D eigenvalue weighted by atomic mass is 10.2. The minimum Gasteiger partial charge on any atom is -0.494 e. The third-order valence-corrected chi connectivity index (χ3v) is 2.34. The summed E-state index contributed by atoms with van der Waals surface area (Å²) in [5.74, 6) is -0.210. The second kappa shape index (κ2) is 7.97. The van der Waals surface area contributed by atoms with Gasteiger partial charge in [0, 0.05) is 18.7 Å². The number of carboxylic acids is 1. The third-order valence-electron chi connectivity index (χ3n) is 2.34. The lowest BCUT2D eigenvalue weighted by Gasteiger charge is -2.11. The van der Waals surface area contributed by atoms with Crippen molar-refractivity contribution >= 4 is 12.0 Å². The zero-order valence-corrected chi connectivity index (χ0v) is 10.8. The molecule has 0 bridgehead atoms. The van der Waals surface area contributed by atoms with Gasteiger partial charge in [-0.05, 0) is 13.0 Å². The summed E-state index contributed by atoms with van der Waals surface area (Å²) in [5, 5.41) is 13.6. The van der Waals surface area contributed by atoms with E-state index >= 15 is 0 Å². The molecule has 3 N–H and O–H groups in total. The standard InChI is InChI=1S/C13H18N2O4/c1-2-19-11-6-4-3-5-10(11)9-15-13(18)14-8-7-12(16)17/h3-6H,2,7-9H2,1H3,(H,16,17)(H2,14,15,18). The van der Waals surface area contributed by atoms with Gasteiger partial charge in [0.25, 0.3) is 0 Å². The Bertz CT molecular complexity index is 434. The number of carbonyl (C=O) groups excluding carboxylic acids is 1. The molecule has 1 aromatic carbocycles. The maximum Gasteiger partial charge on any atom is 0.315 e. The topological polar surface area (TPSA) is 87.7 Å². The first-order valence-corrected chi connectivity index (χ1v) is 6.07. The summed E-state index contributed by atoms with van der Waals surface area (Å²) in [6.45, 7) is 2.88. The highest BCUT2D eigenvalue weighted by molar-refractivity contribution is 5.75. The van der Waals surface area contributed by atoms with E-state index in [-0.39, 0.29) is 13.0 Å². The molecule has 1 aromatic rings. The van der Waals surface area contributed by atoms with Crippen molar-refractivity contribution in [2.24, 2.45) is 0 Å². The molecule has 0 heterocycles. The van der Waals surface area contributed by atoms with Gasteiger partial charge in [-0.1, -0.05) is 18.2 Å². The van der Waals surface area contributed by atoms with Gasteiger partial charge in [0.1, 0.15) is 5.75 Å². The molecule has 0 saturated carbocycles. The summed E-state index contributed by atoms with van der Waals surface area (Å²) in [5.41, 5.74) is 0.873. The monoisotopic (exact) mass is 266 g/mol. The van der Waals surface area contributed by atoms with E-state index in [1.54, 1.807) is 0 Å². The van der Waals surface area contributed by atoms with Gasteiger partial charge < -0.3 is 20.5 Å². The smallest absolute Gasteiger partial charge is 0.315 e. The van der Waals surface area contributed by atoms with Crippen LogP contribution in [0.2, 0.25) is 0 Å². The second-order valence-electron chi connectivity index (χ2n) is 3.79. The molecule has 2 amide bonds. The quantitative estimate of drug-likeness (QED) is 0.695. The van der Waals surface area contributed by atoms with Crippen molar-refractivity contribution in [1.29, 1.82) is 0 Å². The number of rotatable bonds is 7. The van der Waals surface area contributed by atoms with Crippen LogP contribution in [-0.2, 0) is 11.3 Å². The molecule has 0 aromatic heterocycles. The molecule has 0 aliphatic rings. The fourth-order valence-electron chi connectivity index (χ4n) is 1.47. The number of ether oxygens (including phenoxy) is 1. The average molecular weight is 266 g/mol. The summed E-state index contributed by atoms with van der Waals surface area (Å²) in [7, 11) is 0. The number of amides is 2. The molecule has 0 atom stereocenters.